The van der Waals surface area contributed by atoms with E-state index in [0.29, 0.717) is 12.3 Å². The van der Waals surface area contributed by atoms with Gasteiger partial charge in [-0.15, -0.1) is 4.68 Å². The van der Waals surface area contributed by atoms with Crippen molar-refractivity contribution in [3.63, 3.8) is 0 Å². The number of hydrazine groups is 1. The predicted molar refractivity (Wildman–Crippen MR) is 92.9 cm³/mol. The minimum absolute atomic E-state index is 0.104. The number of nitrogens with one attached hydrogen (secondary N) is 2. The van der Waals surface area contributed by atoms with E-state index in [1.807, 2.05) is 54.6 Å². The molecule has 0 fully saturated rings. The summed E-state index contributed by atoms with van der Waals surface area (Å²) in [7, 11) is 0. The highest BCUT2D eigenvalue weighted by molar-refractivity contribution is 5.41. The second kappa shape index (κ2) is 7.93. The monoisotopic (exact) mass is 339 g/mol. The molecular formula is C17H17N5O3. The summed E-state index contributed by atoms with van der Waals surface area (Å²) in [6.45, 7) is 0.715. The van der Waals surface area contributed by atoms with Crippen LogP contribution in [-0.4, -0.2) is 14.7 Å². The third kappa shape index (κ3) is 4.79. The molecule has 0 saturated heterocycles. The summed E-state index contributed by atoms with van der Waals surface area (Å²) in [5.41, 5.74) is 8.27. The van der Waals surface area contributed by atoms with Gasteiger partial charge in [0.25, 0.3) is 0 Å². The highest BCUT2D eigenvalue weighted by atomic mass is 16.6. The molecule has 3 aromatic rings. The summed E-state index contributed by atoms with van der Waals surface area (Å²) in [4.78, 5) is 10.1. The van der Waals surface area contributed by atoms with Gasteiger partial charge in [0.2, 0.25) is 6.73 Å². The zero-order chi connectivity index (χ0) is 17.5. The van der Waals surface area contributed by atoms with Gasteiger partial charge in [-0.25, -0.2) is 5.43 Å². The largest absolute Gasteiger partial charge is 0.469 e. The Kier molecular flexibility index (Phi) is 5.22. The summed E-state index contributed by atoms with van der Waals surface area (Å²) in [6.07, 6.45) is 1.51. The molecule has 0 amide bonds. The standard InChI is InChI=1S/C17H17N5O3/c23-22(24)17-9-10-21(20-17)13-25-16-8-4-5-14(11-16)12-18-19-15-6-2-1-3-7-15/h1-11,18-19H,12-13H2. The van der Waals surface area contributed by atoms with Crippen LogP contribution in [0.25, 0.3) is 0 Å². The first-order valence-corrected chi connectivity index (χ1v) is 7.64. The average Bonchev–Trinajstić information content (AvgIpc) is 3.11. The molecule has 1 heterocycles. The lowest BCUT2D eigenvalue weighted by Crippen LogP contribution is -2.20. The summed E-state index contributed by atoms with van der Waals surface area (Å²) in [5, 5.41) is 14.4. The molecule has 128 valence electrons. The molecule has 0 atom stereocenters. The van der Waals surface area contributed by atoms with E-state index in [-0.39, 0.29) is 12.5 Å². The van der Waals surface area contributed by atoms with Crippen molar-refractivity contribution in [2.24, 2.45) is 0 Å². The number of nitrogens with zero attached hydrogens (tertiary/aromatic N) is 3. The fourth-order valence-electron chi connectivity index (χ4n) is 2.18. The maximum Gasteiger partial charge on any atom is 0.390 e. The first-order chi connectivity index (χ1) is 12.2. The molecule has 0 aliphatic carbocycles. The summed E-state index contributed by atoms with van der Waals surface area (Å²) in [5.74, 6) is 0.464. The Morgan fingerprint density at radius 3 is 2.72 bits per heavy atom. The van der Waals surface area contributed by atoms with Gasteiger partial charge in [-0.3, -0.25) is 0 Å². The number of hydrogen-bond donors (Lipinski definition) is 2. The molecule has 25 heavy (non-hydrogen) atoms. The van der Waals surface area contributed by atoms with Crippen LogP contribution in [0, 0.1) is 10.1 Å². The number of para-hydroxylation sites is 1. The van der Waals surface area contributed by atoms with E-state index < -0.39 is 4.92 Å². The third-order valence-electron chi connectivity index (χ3n) is 3.37. The van der Waals surface area contributed by atoms with Crippen LogP contribution in [0.2, 0.25) is 0 Å². The highest BCUT2D eigenvalue weighted by Gasteiger charge is 2.10. The average molecular weight is 339 g/mol. The number of rotatable bonds is 8. The summed E-state index contributed by atoms with van der Waals surface area (Å²) < 4.78 is 7.00. The zero-order valence-corrected chi connectivity index (χ0v) is 13.3. The van der Waals surface area contributed by atoms with Crippen LogP contribution >= 0.6 is 0 Å². The van der Waals surface area contributed by atoms with Gasteiger partial charge in [-0.2, -0.15) is 0 Å². The van der Waals surface area contributed by atoms with Crippen molar-refractivity contribution in [1.29, 1.82) is 0 Å². The van der Waals surface area contributed by atoms with Gasteiger partial charge >= 0.3 is 5.82 Å². The molecule has 1 aromatic heterocycles. The SMILES string of the molecule is O=[N+]([O-])c1ccn(COc2cccc(CNNc3ccccc3)c2)n1. The molecular weight excluding hydrogens is 322 g/mol. The van der Waals surface area contributed by atoms with Gasteiger partial charge < -0.3 is 20.3 Å². The molecule has 0 unspecified atom stereocenters. The summed E-state index contributed by atoms with van der Waals surface area (Å²) in [6, 6.07) is 18.7. The van der Waals surface area contributed by atoms with E-state index in [2.05, 4.69) is 16.0 Å². The Hall–Kier alpha value is -3.39. The highest BCUT2D eigenvalue weighted by Crippen LogP contribution is 2.14. The van der Waals surface area contributed by atoms with Crippen molar-refractivity contribution in [2.75, 3.05) is 5.43 Å². The molecule has 0 aliphatic heterocycles. The van der Waals surface area contributed by atoms with Crippen molar-refractivity contribution in [2.45, 2.75) is 13.3 Å². The maximum absolute atomic E-state index is 10.6. The predicted octanol–water partition coefficient (Wildman–Crippen LogP) is 2.94. The summed E-state index contributed by atoms with van der Waals surface area (Å²) >= 11 is 0. The maximum atomic E-state index is 10.6. The quantitative estimate of drug-likeness (QED) is 0.484. The number of aromatic nitrogens is 2. The zero-order valence-electron chi connectivity index (χ0n) is 13.3. The number of hydrogen-bond acceptors (Lipinski definition) is 6. The van der Waals surface area contributed by atoms with E-state index in [1.165, 1.54) is 16.9 Å². The molecule has 0 saturated carbocycles. The minimum Gasteiger partial charge on any atom is -0.469 e. The van der Waals surface area contributed by atoms with Gasteiger partial charge in [-0.1, -0.05) is 30.3 Å². The fraction of sp³-hybridized carbons (Fsp3) is 0.118. The number of anilines is 1. The van der Waals surface area contributed by atoms with Crippen LogP contribution in [0.3, 0.4) is 0 Å². The van der Waals surface area contributed by atoms with Gasteiger partial charge in [0.15, 0.2) is 0 Å². The van der Waals surface area contributed by atoms with Gasteiger partial charge in [0.1, 0.15) is 5.75 Å². The topological polar surface area (TPSA) is 94.2 Å². The van der Waals surface area contributed by atoms with Crippen molar-refractivity contribution in [1.82, 2.24) is 15.2 Å². The fourth-order valence-corrected chi connectivity index (χ4v) is 2.18. The number of benzene rings is 2. The van der Waals surface area contributed by atoms with Crippen molar-refractivity contribution in [3.8, 4) is 5.75 Å². The van der Waals surface area contributed by atoms with E-state index >= 15 is 0 Å². The first-order valence-electron chi connectivity index (χ1n) is 7.64. The molecule has 0 radical (unpaired) electrons. The Morgan fingerprint density at radius 2 is 1.96 bits per heavy atom. The van der Waals surface area contributed by atoms with Crippen molar-refractivity contribution >= 4 is 11.5 Å². The van der Waals surface area contributed by atoms with Crippen molar-refractivity contribution in [3.05, 3.63) is 82.5 Å². The Labute approximate surface area is 144 Å². The third-order valence-corrected chi connectivity index (χ3v) is 3.37. The van der Waals surface area contributed by atoms with Crippen LogP contribution in [0.5, 0.6) is 5.75 Å². The Balaban J connectivity index is 1.51. The van der Waals surface area contributed by atoms with E-state index in [1.54, 1.807) is 0 Å². The normalized spacial score (nSPS) is 10.4. The lowest BCUT2D eigenvalue weighted by atomic mass is 10.2. The molecule has 8 heteroatoms. The first kappa shape index (κ1) is 16.5. The second-order valence-corrected chi connectivity index (χ2v) is 5.24. The molecule has 0 aliphatic rings. The van der Waals surface area contributed by atoms with Gasteiger partial charge in [0.05, 0.1) is 17.4 Å². The molecule has 8 nitrogen and oxygen atoms in total. The Bertz CT molecular complexity index is 835. The lowest BCUT2D eigenvalue weighted by molar-refractivity contribution is -0.389. The van der Waals surface area contributed by atoms with Crippen LogP contribution in [0.4, 0.5) is 11.5 Å². The van der Waals surface area contributed by atoms with E-state index in [9.17, 15) is 10.1 Å². The number of nitro groups is 1. The number of ether oxygens (including phenoxy) is 1. The van der Waals surface area contributed by atoms with Crippen LogP contribution in [0.15, 0.2) is 66.9 Å². The van der Waals surface area contributed by atoms with Crippen LogP contribution < -0.4 is 15.6 Å². The van der Waals surface area contributed by atoms with Crippen LogP contribution in [-0.2, 0) is 13.3 Å². The Morgan fingerprint density at radius 1 is 1.12 bits per heavy atom. The molecule has 3 rings (SSSR count). The van der Waals surface area contributed by atoms with Gasteiger partial charge in [-0.05, 0) is 34.8 Å². The smallest absolute Gasteiger partial charge is 0.390 e. The lowest BCUT2D eigenvalue weighted by Gasteiger charge is -2.10. The van der Waals surface area contributed by atoms with Crippen molar-refractivity contribution < 1.29 is 9.66 Å². The van der Waals surface area contributed by atoms with Gasteiger partial charge in [0, 0.05) is 12.2 Å². The van der Waals surface area contributed by atoms with Crippen LogP contribution in [0.1, 0.15) is 5.56 Å². The molecule has 2 aromatic carbocycles. The van der Waals surface area contributed by atoms with E-state index in [4.69, 9.17) is 4.74 Å². The van der Waals surface area contributed by atoms with E-state index in [0.717, 1.165) is 11.3 Å². The molecule has 0 spiro atoms. The minimum atomic E-state index is -0.539. The second-order valence-electron chi connectivity index (χ2n) is 5.24. The molecule has 2 N–H and O–H groups in total. The molecule has 0 bridgehead atoms.